The summed E-state index contributed by atoms with van der Waals surface area (Å²) in [5.41, 5.74) is 14.0. The molecule has 0 radical (unpaired) electrons. The Hall–Kier alpha value is -2.85. The second-order valence-electron chi connectivity index (χ2n) is 13.5. The van der Waals surface area contributed by atoms with Gasteiger partial charge in [0.05, 0.1) is 6.26 Å². The highest BCUT2D eigenvalue weighted by atomic mass is 32.2. The average molecular weight is 608 g/mol. The van der Waals surface area contributed by atoms with E-state index in [4.69, 9.17) is 9.47 Å². The van der Waals surface area contributed by atoms with E-state index in [1.54, 1.807) is 0 Å². The highest BCUT2D eigenvalue weighted by Crippen LogP contribution is 2.53. The lowest BCUT2D eigenvalue weighted by atomic mass is 9.77. The van der Waals surface area contributed by atoms with Gasteiger partial charge >= 0.3 is 0 Å². The summed E-state index contributed by atoms with van der Waals surface area (Å²) in [7, 11) is 3.76. The minimum absolute atomic E-state index is 0.0919. The highest BCUT2D eigenvalue weighted by Gasteiger charge is 2.63. The first-order valence-corrected chi connectivity index (χ1v) is 17.7. The molecule has 3 heteroatoms. The molecule has 0 aromatic heterocycles. The van der Waals surface area contributed by atoms with Crippen LogP contribution in [0.25, 0.3) is 0 Å². The summed E-state index contributed by atoms with van der Waals surface area (Å²) < 4.78 is 13.9. The molecule has 1 aliphatic heterocycles. The van der Waals surface area contributed by atoms with Crippen molar-refractivity contribution < 1.29 is 9.47 Å². The van der Waals surface area contributed by atoms with Gasteiger partial charge in [-0.25, -0.2) is 0 Å². The van der Waals surface area contributed by atoms with Crippen molar-refractivity contribution in [2.24, 2.45) is 0 Å². The van der Waals surface area contributed by atoms with Gasteiger partial charge < -0.3 is 9.47 Å². The Morgan fingerprint density at radius 2 is 0.636 bits per heavy atom. The summed E-state index contributed by atoms with van der Waals surface area (Å²) >= 11 is 0. The molecular weight excluding hydrogens is 557 g/mol. The van der Waals surface area contributed by atoms with Crippen molar-refractivity contribution in [3.63, 3.8) is 0 Å². The van der Waals surface area contributed by atoms with E-state index in [1.807, 2.05) is 14.2 Å². The Morgan fingerprint density at radius 1 is 0.432 bits per heavy atom. The van der Waals surface area contributed by atoms with Crippen LogP contribution in [0.5, 0.6) is 0 Å². The van der Waals surface area contributed by atoms with Crippen molar-refractivity contribution in [1.29, 1.82) is 0 Å². The molecule has 1 aliphatic rings. The Balaban J connectivity index is 1.77. The molecule has 0 spiro atoms. The van der Waals surface area contributed by atoms with Crippen LogP contribution in [0.15, 0.2) is 72.8 Å². The normalized spacial score (nSPS) is 17.8. The quantitative estimate of drug-likeness (QED) is 0.186. The molecule has 2 atom stereocenters. The van der Waals surface area contributed by atoms with Gasteiger partial charge in [0.15, 0.2) is 21.7 Å². The second-order valence-corrected chi connectivity index (χ2v) is 15.9. The van der Waals surface area contributed by atoms with Gasteiger partial charge in [-0.15, -0.1) is 0 Å². The zero-order valence-electron chi connectivity index (χ0n) is 28.7. The number of hydrogen-bond acceptors (Lipinski definition) is 2. The largest absolute Gasteiger partial charge is 0.363 e. The van der Waals surface area contributed by atoms with Gasteiger partial charge in [0.2, 0.25) is 0 Å². The van der Waals surface area contributed by atoms with E-state index in [0.717, 1.165) is 12.8 Å². The maximum absolute atomic E-state index is 6.93. The fourth-order valence-corrected chi connectivity index (χ4v) is 11.6. The number of ether oxygens (including phenoxy) is 2. The van der Waals surface area contributed by atoms with Crippen molar-refractivity contribution in [2.45, 2.75) is 89.9 Å². The summed E-state index contributed by atoms with van der Waals surface area (Å²) in [6.07, 6.45) is 4.60. The number of aryl methyl sites for hydroxylation is 8. The molecule has 0 saturated carbocycles. The predicted octanol–water partition coefficient (Wildman–Crippen LogP) is 9.41. The SMILES string of the molecule is COC(c1cc(C)cc(C)c1)(c1cc(C)cc(C)c1)[C@H]1CC[C@H](C(OC)(c2cc(C)cc(C)c2)c2cc(C)cc(C)c2)[S+]1C. The van der Waals surface area contributed by atoms with Crippen LogP contribution in [0, 0.1) is 55.4 Å². The van der Waals surface area contributed by atoms with Gasteiger partial charge in [-0.3, -0.25) is 0 Å². The molecule has 0 aliphatic carbocycles. The van der Waals surface area contributed by atoms with Gasteiger partial charge in [-0.05, 0) is 88.5 Å². The zero-order chi connectivity index (χ0) is 32.0. The molecule has 0 amide bonds. The van der Waals surface area contributed by atoms with Gasteiger partial charge in [0, 0.05) is 27.1 Å². The second kappa shape index (κ2) is 12.5. The first kappa shape index (κ1) is 32.5. The van der Waals surface area contributed by atoms with E-state index in [-0.39, 0.29) is 21.4 Å². The van der Waals surface area contributed by atoms with E-state index < -0.39 is 11.2 Å². The minimum atomic E-state index is -0.579. The van der Waals surface area contributed by atoms with E-state index in [9.17, 15) is 0 Å². The predicted molar refractivity (Wildman–Crippen MR) is 189 cm³/mol. The molecule has 4 aromatic carbocycles. The molecule has 44 heavy (non-hydrogen) atoms. The number of methoxy groups -OCH3 is 2. The topological polar surface area (TPSA) is 18.5 Å². The molecule has 4 aromatic rings. The molecule has 2 nitrogen and oxygen atoms in total. The van der Waals surface area contributed by atoms with Crippen LogP contribution in [0.4, 0.5) is 0 Å². The van der Waals surface area contributed by atoms with Crippen molar-refractivity contribution in [3.8, 4) is 0 Å². The Kier molecular flexibility index (Phi) is 9.25. The third kappa shape index (κ3) is 5.68. The smallest absolute Gasteiger partial charge is 0.165 e. The van der Waals surface area contributed by atoms with Gasteiger partial charge in [-0.2, -0.15) is 0 Å². The molecule has 5 rings (SSSR count). The molecule has 232 valence electrons. The minimum Gasteiger partial charge on any atom is -0.363 e. The van der Waals surface area contributed by atoms with Crippen LogP contribution in [0.3, 0.4) is 0 Å². The number of benzene rings is 4. The van der Waals surface area contributed by atoms with E-state index in [1.165, 1.54) is 66.8 Å². The molecule has 0 bridgehead atoms. The van der Waals surface area contributed by atoms with Gasteiger partial charge in [0.1, 0.15) is 0 Å². The Morgan fingerprint density at radius 3 is 0.818 bits per heavy atom. The number of rotatable bonds is 8. The summed E-state index contributed by atoms with van der Waals surface area (Å²) in [4.78, 5) is 0. The first-order valence-electron chi connectivity index (χ1n) is 15.9. The van der Waals surface area contributed by atoms with E-state index in [2.05, 4.69) is 134 Å². The summed E-state index contributed by atoms with van der Waals surface area (Å²) in [6.45, 7) is 17.6. The monoisotopic (exact) mass is 607 g/mol. The molecule has 0 unspecified atom stereocenters. The van der Waals surface area contributed by atoms with Gasteiger partial charge in [-0.1, -0.05) is 117 Å². The maximum atomic E-state index is 6.93. The van der Waals surface area contributed by atoms with Crippen molar-refractivity contribution in [1.82, 2.24) is 0 Å². The Labute approximate surface area is 269 Å². The molecule has 1 heterocycles. The lowest BCUT2D eigenvalue weighted by Gasteiger charge is -2.41. The molecular formula is C41H51O2S+. The average Bonchev–Trinajstić information content (AvgIpc) is 3.30. The highest BCUT2D eigenvalue weighted by molar-refractivity contribution is 7.97. The number of hydrogen-bond donors (Lipinski definition) is 0. The third-order valence-corrected chi connectivity index (χ3v) is 12.7. The summed E-state index contributed by atoms with van der Waals surface area (Å²) in [6, 6.07) is 27.9. The van der Waals surface area contributed by atoms with Crippen LogP contribution in [-0.4, -0.2) is 31.0 Å². The van der Waals surface area contributed by atoms with Crippen LogP contribution >= 0.6 is 0 Å². The standard InChI is InChI=1S/C41H51O2S/c1-26-14-27(2)19-34(18-26)40(42-9,35-20-28(3)15-29(4)21-35)38-12-13-39(44(38)11)41(43-10,36-22-30(5)16-31(6)23-36)37-24-32(7)17-33(8)25-37/h14-25,38-39H,12-13H2,1-11H3/q+1/t38-,39-/m1/s1. The molecule has 0 N–H and O–H groups in total. The van der Waals surface area contributed by atoms with Crippen LogP contribution < -0.4 is 0 Å². The van der Waals surface area contributed by atoms with Crippen LogP contribution in [-0.2, 0) is 31.6 Å². The summed E-state index contributed by atoms with van der Waals surface area (Å²) in [5, 5.41) is 0.539. The van der Waals surface area contributed by atoms with Crippen molar-refractivity contribution >= 4 is 10.9 Å². The lowest BCUT2D eigenvalue weighted by Crippen LogP contribution is -2.51. The molecule has 1 fully saturated rings. The fourth-order valence-electron chi connectivity index (χ4n) is 8.37. The Bertz CT molecular complexity index is 1360. The maximum Gasteiger partial charge on any atom is 0.165 e. The lowest BCUT2D eigenvalue weighted by molar-refractivity contribution is 0.0158. The van der Waals surface area contributed by atoms with Crippen molar-refractivity contribution in [3.05, 3.63) is 140 Å². The van der Waals surface area contributed by atoms with E-state index in [0.29, 0.717) is 0 Å². The van der Waals surface area contributed by atoms with Crippen LogP contribution in [0.1, 0.15) is 79.6 Å². The van der Waals surface area contributed by atoms with Crippen LogP contribution in [0.2, 0.25) is 0 Å². The zero-order valence-corrected chi connectivity index (χ0v) is 29.5. The fraction of sp³-hybridized carbons (Fsp3) is 0.415. The van der Waals surface area contributed by atoms with Gasteiger partial charge in [0.25, 0.3) is 0 Å². The van der Waals surface area contributed by atoms with Crippen molar-refractivity contribution in [2.75, 3.05) is 20.5 Å². The summed E-state index contributed by atoms with van der Waals surface area (Å²) in [5.74, 6) is 0. The third-order valence-electron chi connectivity index (χ3n) is 9.74. The van der Waals surface area contributed by atoms with E-state index >= 15 is 0 Å². The first-order chi connectivity index (χ1) is 20.8. The molecule has 1 saturated heterocycles.